The first-order chi connectivity index (χ1) is 42.0. The van der Waals surface area contributed by atoms with Gasteiger partial charge in [0, 0.05) is 26.2 Å². The van der Waals surface area contributed by atoms with Gasteiger partial charge in [0.25, 0.3) is 0 Å². The minimum atomic E-state index is -1.85. The Morgan fingerprint density at radius 2 is 0.725 bits per heavy atom. The Morgan fingerprint density at radius 1 is 0.429 bits per heavy atom. The number of methoxy groups -OCH3 is 2. The molecule has 1 aromatic carbocycles. The van der Waals surface area contributed by atoms with Gasteiger partial charge >= 0.3 is 42.4 Å². The zero-order chi connectivity index (χ0) is 69.6. The molecule has 8 atom stereocenters. The number of carbonyl (C=O) groups excluding carboxylic acids is 13. The zero-order valence-corrected chi connectivity index (χ0v) is 54.8. The zero-order valence-electron chi connectivity index (χ0n) is 54.8. The molecule has 11 amide bonds. The van der Waals surface area contributed by atoms with Crippen molar-refractivity contribution in [2.75, 3.05) is 53.5 Å². The van der Waals surface area contributed by atoms with E-state index in [2.05, 4.69) is 53.2 Å². The number of amides is 11. The Bertz CT molecular complexity index is 2470. The first-order valence-electron chi connectivity index (χ1n) is 29.2. The van der Waals surface area contributed by atoms with Crippen LogP contribution in [0.2, 0.25) is 0 Å². The Morgan fingerprint density at radius 3 is 1.00 bits per heavy atom. The van der Waals surface area contributed by atoms with Crippen molar-refractivity contribution in [3.63, 3.8) is 0 Å². The van der Waals surface area contributed by atoms with Crippen LogP contribution in [-0.2, 0) is 78.1 Å². The van der Waals surface area contributed by atoms with E-state index in [0.29, 0.717) is 10.5 Å². The molecule has 0 aliphatic rings. The van der Waals surface area contributed by atoms with Gasteiger partial charge in [-0.15, -0.1) is 0 Å². The predicted octanol–water partition coefficient (Wildman–Crippen LogP) is 0.301. The smallest absolute Gasteiger partial charge is 0.411 e. The fraction of sp³-hybridized carbons (Fsp3) is 0.672. The Kier molecular flexibility index (Phi) is 33.6. The maximum Gasteiger partial charge on any atom is 0.411 e. The van der Waals surface area contributed by atoms with E-state index < -0.39 is 181 Å². The summed E-state index contributed by atoms with van der Waals surface area (Å²) in [5.41, 5.74) is -3.19. The van der Waals surface area contributed by atoms with Crippen molar-refractivity contribution >= 4 is 77.8 Å². The molecule has 0 bridgehead atoms. The van der Waals surface area contributed by atoms with Crippen LogP contribution in [0.15, 0.2) is 30.3 Å². The molecule has 0 heterocycles. The fourth-order valence-corrected chi connectivity index (χ4v) is 7.51. The van der Waals surface area contributed by atoms with Gasteiger partial charge in [0.2, 0.25) is 35.4 Å². The lowest BCUT2D eigenvalue weighted by molar-refractivity contribution is -0.146. The lowest BCUT2D eigenvalue weighted by atomic mass is 10.1. The van der Waals surface area contributed by atoms with Crippen molar-refractivity contribution in [1.82, 2.24) is 58.1 Å². The number of esters is 2. The first-order valence-corrected chi connectivity index (χ1v) is 29.2. The van der Waals surface area contributed by atoms with E-state index in [1.165, 1.54) is 0 Å². The quantitative estimate of drug-likeness (QED) is 0.0341. The third kappa shape index (κ3) is 35.3. The lowest BCUT2D eigenvalue weighted by Gasteiger charge is -2.28. The molecule has 12 N–H and O–H groups in total. The van der Waals surface area contributed by atoms with Gasteiger partial charge in [-0.1, -0.05) is 30.3 Å². The molecule has 33 nitrogen and oxygen atoms in total. The van der Waals surface area contributed by atoms with Crippen molar-refractivity contribution in [2.24, 2.45) is 0 Å². The molecule has 0 fully saturated rings. The van der Waals surface area contributed by atoms with E-state index in [4.69, 9.17) is 33.2 Å². The minimum Gasteiger partial charge on any atom is -0.467 e. The Labute approximate surface area is 529 Å². The first kappa shape index (κ1) is 80.3. The normalized spacial score (nSPS) is 14.1. The molecule has 91 heavy (non-hydrogen) atoms. The molecular formula is C58H95N11O22. The molecule has 0 aliphatic carbocycles. The summed E-state index contributed by atoms with van der Waals surface area (Å²) in [5, 5.41) is 45.5. The summed E-state index contributed by atoms with van der Waals surface area (Å²) in [6, 6.07) is -1.91. The Hall–Kier alpha value is -8.75. The summed E-state index contributed by atoms with van der Waals surface area (Å²) in [5.74, 6) is -8.85. The third-order valence-electron chi connectivity index (χ3n) is 11.6. The SMILES string of the molecule is COC(=O)C(CCNC(=O)OC(C)(C)C)NC(=O)[C@@H](NC(=O)C(CCNC(=O)OC(C)(C)C)NC(=O)CN(CC(=O)N[C@@H](CCNC(=O)OC(C)(C)C)C(=O)N[C@H](C(=O)N[C@@H](CCNC(=O)OC(C)(C)C)C(=O)OC)[C@@H](C)O)C(=O)OCc1ccccc1)[C@@H](C)O. The summed E-state index contributed by atoms with van der Waals surface area (Å²) in [6.07, 6.45) is -9.62. The van der Waals surface area contributed by atoms with Gasteiger partial charge < -0.3 is 96.5 Å². The van der Waals surface area contributed by atoms with Crippen molar-refractivity contribution < 1.29 is 106 Å². The predicted molar refractivity (Wildman–Crippen MR) is 323 cm³/mol. The highest BCUT2D eigenvalue weighted by molar-refractivity contribution is 5.96. The number of nitrogens with zero attached hydrogens (tertiary/aromatic N) is 1. The van der Waals surface area contributed by atoms with Gasteiger partial charge in [-0.05, 0) is 128 Å². The second-order valence-corrected chi connectivity index (χ2v) is 24.6. The molecule has 0 aliphatic heterocycles. The molecule has 2 unspecified atom stereocenters. The van der Waals surface area contributed by atoms with Crippen molar-refractivity contribution in [1.29, 1.82) is 0 Å². The maximum atomic E-state index is 14.2. The van der Waals surface area contributed by atoms with Crippen LogP contribution in [0.1, 0.15) is 128 Å². The molecule has 0 spiro atoms. The third-order valence-corrected chi connectivity index (χ3v) is 11.6. The summed E-state index contributed by atoms with van der Waals surface area (Å²) in [6.45, 7) is 17.7. The van der Waals surface area contributed by atoms with Gasteiger partial charge in [-0.25, -0.2) is 33.6 Å². The number of aliphatic hydroxyl groups excluding tert-OH is 2. The molecule has 33 heteroatoms. The van der Waals surface area contributed by atoms with Crippen molar-refractivity contribution in [2.45, 2.75) is 200 Å². The molecule has 0 saturated heterocycles. The van der Waals surface area contributed by atoms with E-state index in [1.807, 2.05) is 0 Å². The number of aliphatic hydroxyl groups is 2. The minimum absolute atomic E-state index is 0.214. The number of rotatable bonds is 32. The van der Waals surface area contributed by atoms with Crippen LogP contribution in [0, 0.1) is 0 Å². The summed E-state index contributed by atoms with van der Waals surface area (Å²) < 4.78 is 36.0. The molecule has 1 aromatic rings. The van der Waals surface area contributed by atoms with E-state index in [-0.39, 0.29) is 39.0 Å². The van der Waals surface area contributed by atoms with Crippen molar-refractivity contribution in [3.05, 3.63) is 35.9 Å². The second kappa shape index (κ2) is 38.1. The van der Waals surface area contributed by atoms with E-state index >= 15 is 0 Å². The summed E-state index contributed by atoms with van der Waals surface area (Å²) in [7, 11) is 2.06. The van der Waals surface area contributed by atoms with Gasteiger partial charge in [0.15, 0.2) is 0 Å². The van der Waals surface area contributed by atoms with E-state index in [0.717, 1.165) is 28.1 Å². The molecule has 0 radical (unpaired) electrons. The van der Waals surface area contributed by atoms with Gasteiger partial charge in [0.05, 0.1) is 26.4 Å². The molecule has 1 rings (SSSR count). The lowest BCUT2D eigenvalue weighted by Crippen LogP contribution is -2.60. The monoisotopic (exact) mass is 1300 g/mol. The number of carbonyl (C=O) groups is 13. The van der Waals surface area contributed by atoms with E-state index in [9.17, 15) is 72.5 Å². The van der Waals surface area contributed by atoms with Crippen LogP contribution in [0.5, 0.6) is 0 Å². The Balaban J connectivity index is 3.72. The highest BCUT2D eigenvalue weighted by Gasteiger charge is 2.36. The number of hydrogen-bond donors (Lipinski definition) is 12. The van der Waals surface area contributed by atoms with Gasteiger partial charge in [0.1, 0.15) is 78.4 Å². The number of alkyl carbamates (subject to hydrolysis) is 4. The summed E-state index contributed by atoms with van der Waals surface area (Å²) >= 11 is 0. The van der Waals surface area contributed by atoms with Gasteiger partial charge in [-0.2, -0.15) is 0 Å². The average molecular weight is 1300 g/mol. The molecular weight excluding hydrogens is 1200 g/mol. The van der Waals surface area contributed by atoms with E-state index in [1.54, 1.807) is 113 Å². The maximum absolute atomic E-state index is 14.2. The van der Waals surface area contributed by atoms with Crippen LogP contribution in [0.25, 0.3) is 0 Å². The standard InChI is InChI=1S/C58H95N11O22/c1-33(70)42(46(76)65-38(48(78)85-15)24-28-61-52(82)90-57(9,10)11)67-44(74)36(22-26-59-50(80)88-55(3,4)5)63-40(72)30-69(54(84)87-32-35-20-18-17-19-21-35)31-41(73)64-37(23-27-60-51(81)89-56(6,7)8)45(75)68-43(34(2)71)47(77)66-39(49(79)86-16)25-29-62-53(83)91-58(12,13)14/h17-21,33-34,36-39,42-43,70-71H,22-32H2,1-16H3,(H,59,80)(H,60,81)(H,61,82)(H,62,83)(H,63,72)(H,64,73)(H,65,76)(H,66,77)(H,67,74)(H,68,75)/t33-,34-,36+,37?,38+,39?,42+,43+/m1/s1. The topological polar surface area (TPSA) is 451 Å². The van der Waals surface area contributed by atoms with Crippen molar-refractivity contribution in [3.8, 4) is 0 Å². The second-order valence-electron chi connectivity index (χ2n) is 24.6. The van der Waals surface area contributed by atoms with Crippen LogP contribution in [0.4, 0.5) is 24.0 Å². The average Bonchev–Trinajstić information content (AvgIpc) is 1.37. The largest absolute Gasteiger partial charge is 0.467 e. The highest BCUT2D eigenvalue weighted by atomic mass is 16.6. The number of ether oxygens (including phenoxy) is 7. The number of nitrogens with one attached hydrogen (secondary N) is 10. The number of benzene rings is 1. The van der Waals surface area contributed by atoms with Crippen LogP contribution < -0.4 is 53.2 Å². The number of hydrogen-bond acceptors (Lipinski definition) is 22. The molecule has 0 aromatic heterocycles. The molecule has 514 valence electrons. The highest BCUT2D eigenvalue weighted by Crippen LogP contribution is 2.12. The van der Waals surface area contributed by atoms with Crippen LogP contribution in [-0.4, -0.2) is 217 Å². The van der Waals surface area contributed by atoms with Crippen LogP contribution in [0.3, 0.4) is 0 Å². The molecule has 0 saturated carbocycles. The van der Waals surface area contributed by atoms with Gasteiger partial charge in [-0.3, -0.25) is 33.7 Å². The van der Waals surface area contributed by atoms with Crippen LogP contribution >= 0.6 is 0 Å². The fourth-order valence-electron chi connectivity index (χ4n) is 7.51. The summed E-state index contributed by atoms with van der Waals surface area (Å²) in [4.78, 5) is 174.